The summed E-state index contributed by atoms with van der Waals surface area (Å²) in [5.74, 6) is 0.0692. The van der Waals surface area contributed by atoms with Crippen molar-refractivity contribution in [3.63, 3.8) is 0 Å². The number of amides is 1. The van der Waals surface area contributed by atoms with E-state index < -0.39 is 0 Å². The Balaban J connectivity index is -0.000000196. The Bertz CT molecular complexity index is 361. The van der Waals surface area contributed by atoms with Gasteiger partial charge in [-0.2, -0.15) is 0 Å². The Hall–Kier alpha value is -1.02. The van der Waals surface area contributed by atoms with Crippen molar-refractivity contribution < 1.29 is 4.79 Å². The topological polar surface area (TPSA) is 20.3 Å². The predicted molar refractivity (Wildman–Crippen MR) is 109 cm³/mol. The van der Waals surface area contributed by atoms with Crippen LogP contribution in [-0.4, -0.2) is 23.9 Å². The minimum Gasteiger partial charge on any atom is -0.339 e. The van der Waals surface area contributed by atoms with Crippen LogP contribution in [0.2, 0.25) is 5.02 Å². The summed E-state index contributed by atoms with van der Waals surface area (Å²) >= 11 is 5.91. The van der Waals surface area contributed by atoms with Gasteiger partial charge < -0.3 is 4.90 Å². The smallest absolute Gasteiger partial charge is 0.253 e. The molecule has 0 aliphatic carbocycles. The number of hydrogen-bond acceptors (Lipinski definition) is 1. The number of benzene rings is 1. The Morgan fingerprint density at radius 1 is 0.913 bits per heavy atom. The lowest BCUT2D eigenvalue weighted by Crippen LogP contribution is -2.30. The van der Waals surface area contributed by atoms with E-state index in [1.54, 1.807) is 17.0 Å². The molecule has 3 heteroatoms. The molecule has 1 aromatic carbocycles. The third-order valence-corrected chi connectivity index (χ3v) is 2.88. The van der Waals surface area contributed by atoms with Gasteiger partial charge in [0.2, 0.25) is 0 Å². The van der Waals surface area contributed by atoms with Gasteiger partial charge in [-0.1, -0.05) is 67.0 Å². The van der Waals surface area contributed by atoms with E-state index in [0.29, 0.717) is 10.6 Å². The van der Waals surface area contributed by atoms with Crippen molar-refractivity contribution in [2.45, 2.75) is 76.2 Å². The third-order valence-electron chi connectivity index (χ3n) is 2.46. The first-order valence-electron chi connectivity index (χ1n) is 9.15. The van der Waals surface area contributed by atoms with E-state index in [4.69, 9.17) is 11.6 Å². The highest BCUT2D eigenvalue weighted by Gasteiger charge is 2.12. The summed E-state index contributed by atoms with van der Waals surface area (Å²) in [6, 6.07) is 5.38. The molecule has 0 saturated heterocycles. The zero-order valence-corrected chi connectivity index (χ0v) is 18.1. The van der Waals surface area contributed by atoms with Gasteiger partial charge in [0.15, 0.2) is 0 Å². The maximum Gasteiger partial charge on any atom is 0.253 e. The summed E-state index contributed by atoms with van der Waals surface area (Å²) in [5.41, 5.74) is 1.65. The maximum absolute atomic E-state index is 12.0. The highest BCUT2D eigenvalue weighted by atomic mass is 35.5. The van der Waals surface area contributed by atoms with E-state index in [9.17, 15) is 4.79 Å². The van der Waals surface area contributed by atoms with Crippen molar-refractivity contribution in [2.24, 2.45) is 0 Å². The molecule has 1 amide bonds. The predicted octanol–water partition coefficient (Wildman–Crippen LogP) is 7.24. The van der Waals surface area contributed by atoms with E-state index in [-0.39, 0.29) is 5.91 Å². The molecule has 1 aromatic rings. The molecule has 0 atom stereocenters. The van der Waals surface area contributed by atoms with Gasteiger partial charge in [0.25, 0.3) is 5.91 Å². The van der Waals surface area contributed by atoms with Crippen LogP contribution in [0, 0.1) is 6.92 Å². The van der Waals surface area contributed by atoms with Gasteiger partial charge in [-0.3, -0.25) is 4.79 Å². The second-order valence-electron chi connectivity index (χ2n) is 3.44. The number of halogens is 1. The maximum atomic E-state index is 12.0. The number of hydrogen-bond donors (Lipinski definition) is 0. The van der Waals surface area contributed by atoms with Gasteiger partial charge in [-0.15, -0.1) is 0 Å². The minimum atomic E-state index is 0.0692. The molecule has 1 rings (SSSR count). The van der Waals surface area contributed by atoms with E-state index >= 15 is 0 Å². The van der Waals surface area contributed by atoms with Crippen LogP contribution in [0.4, 0.5) is 0 Å². The average molecular weight is 346 g/mol. The SMILES string of the molecule is CC.CC.CC.CC.CCN(CC)C(=O)c1ccc(Cl)c(C)c1. The van der Waals surface area contributed by atoms with Crippen LogP contribution in [0.25, 0.3) is 0 Å². The molecule has 0 fully saturated rings. The standard InChI is InChI=1S/C12H16ClNO.4C2H6/c1-4-14(5-2)12(15)10-6-7-11(13)9(3)8-10;4*1-2/h6-8H,4-5H2,1-3H3;4*1-2H3. The zero-order chi connectivity index (χ0) is 19.4. The quantitative estimate of drug-likeness (QED) is 0.565. The summed E-state index contributed by atoms with van der Waals surface area (Å²) in [6.45, 7) is 23.3. The Labute approximate surface area is 151 Å². The fraction of sp³-hybridized carbons (Fsp3) is 0.650. The average Bonchev–Trinajstić information content (AvgIpc) is 2.65. The molecule has 0 N–H and O–H groups in total. The monoisotopic (exact) mass is 345 g/mol. The number of carbonyl (C=O) groups is 1. The molecule has 0 spiro atoms. The number of aryl methyl sites for hydroxylation is 1. The lowest BCUT2D eigenvalue weighted by Gasteiger charge is -2.18. The molecule has 0 saturated carbocycles. The zero-order valence-electron chi connectivity index (χ0n) is 17.4. The highest BCUT2D eigenvalue weighted by Crippen LogP contribution is 2.17. The molecule has 0 aromatic heterocycles. The summed E-state index contributed by atoms with van der Waals surface area (Å²) in [5, 5.41) is 0.700. The molecule has 0 unspecified atom stereocenters. The normalized spacial score (nSPS) is 7.65. The van der Waals surface area contributed by atoms with Gasteiger partial charge in [-0.25, -0.2) is 0 Å². The first-order valence-corrected chi connectivity index (χ1v) is 9.53. The van der Waals surface area contributed by atoms with E-state index in [2.05, 4.69) is 0 Å². The largest absolute Gasteiger partial charge is 0.339 e. The minimum absolute atomic E-state index is 0.0692. The molecule has 0 bridgehead atoms. The van der Waals surface area contributed by atoms with Gasteiger partial charge in [0.1, 0.15) is 0 Å². The molecule has 0 aliphatic heterocycles. The summed E-state index contributed by atoms with van der Waals surface area (Å²) in [7, 11) is 0. The van der Waals surface area contributed by atoms with E-state index in [1.807, 2.05) is 82.2 Å². The molecule has 138 valence electrons. The van der Waals surface area contributed by atoms with Gasteiger partial charge in [0, 0.05) is 23.7 Å². The van der Waals surface area contributed by atoms with Crippen LogP contribution < -0.4 is 0 Å². The van der Waals surface area contributed by atoms with Crippen LogP contribution in [0.1, 0.15) is 85.2 Å². The Morgan fingerprint density at radius 3 is 1.61 bits per heavy atom. The van der Waals surface area contributed by atoms with Crippen LogP contribution >= 0.6 is 11.6 Å². The van der Waals surface area contributed by atoms with Crippen LogP contribution in [0.15, 0.2) is 18.2 Å². The number of nitrogens with zero attached hydrogens (tertiary/aromatic N) is 1. The lowest BCUT2D eigenvalue weighted by molar-refractivity contribution is 0.0773. The van der Waals surface area contributed by atoms with Crippen molar-refractivity contribution in [3.05, 3.63) is 34.3 Å². The first-order chi connectivity index (χ1) is 11.1. The highest BCUT2D eigenvalue weighted by molar-refractivity contribution is 6.31. The molecule has 2 nitrogen and oxygen atoms in total. The van der Waals surface area contributed by atoms with Crippen molar-refractivity contribution in [2.75, 3.05) is 13.1 Å². The van der Waals surface area contributed by atoms with Gasteiger partial charge in [-0.05, 0) is 44.5 Å². The first kappa shape index (κ1) is 29.9. The lowest BCUT2D eigenvalue weighted by atomic mass is 10.1. The second-order valence-corrected chi connectivity index (χ2v) is 3.85. The third kappa shape index (κ3) is 13.1. The van der Waals surface area contributed by atoms with Crippen molar-refractivity contribution >= 4 is 17.5 Å². The Kier molecular flexibility index (Phi) is 30.3. The van der Waals surface area contributed by atoms with Crippen molar-refractivity contribution in [1.29, 1.82) is 0 Å². The number of carbonyl (C=O) groups excluding carboxylic acids is 1. The van der Waals surface area contributed by atoms with Crippen LogP contribution in [0.5, 0.6) is 0 Å². The molecule has 0 aliphatic rings. The summed E-state index contributed by atoms with van der Waals surface area (Å²) < 4.78 is 0. The molecule has 0 heterocycles. The number of rotatable bonds is 3. The summed E-state index contributed by atoms with van der Waals surface area (Å²) in [6.07, 6.45) is 0. The molecular weight excluding hydrogens is 306 g/mol. The molecular formula is C20H40ClNO. The van der Waals surface area contributed by atoms with Gasteiger partial charge in [0.05, 0.1) is 0 Å². The van der Waals surface area contributed by atoms with Crippen LogP contribution in [-0.2, 0) is 0 Å². The summed E-state index contributed by atoms with van der Waals surface area (Å²) in [4.78, 5) is 13.7. The van der Waals surface area contributed by atoms with E-state index in [1.165, 1.54) is 0 Å². The fourth-order valence-corrected chi connectivity index (χ4v) is 1.59. The van der Waals surface area contributed by atoms with E-state index in [0.717, 1.165) is 18.7 Å². The van der Waals surface area contributed by atoms with Crippen molar-refractivity contribution in [1.82, 2.24) is 4.90 Å². The molecule has 0 radical (unpaired) electrons. The van der Waals surface area contributed by atoms with Crippen molar-refractivity contribution in [3.8, 4) is 0 Å². The fourth-order valence-electron chi connectivity index (χ4n) is 1.47. The Morgan fingerprint density at radius 2 is 1.30 bits per heavy atom. The van der Waals surface area contributed by atoms with Crippen LogP contribution in [0.3, 0.4) is 0 Å². The molecule has 23 heavy (non-hydrogen) atoms. The van der Waals surface area contributed by atoms with Gasteiger partial charge >= 0.3 is 0 Å². The second kappa shape index (κ2) is 23.2.